The molecule has 2 amide bonds. The number of aliphatic hydroxyl groups is 1. The summed E-state index contributed by atoms with van der Waals surface area (Å²) in [6.07, 6.45) is 1.93. The van der Waals surface area contributed by atoms with Gasteiger partial charge < -0.3 is 25.6 Å². The second kappa shape index (κ2) is 7.17. The van der Waals surface area contributed by atoms with Crippen LogP contribution in [0.2, 0.25) is 0 Å². The van der Waals surface area contributed by atoms with Crippen LogP contribution in [0, 0.1) is 5.92 Å². The van der Waals surface area contributed by atoms with Gasteiger partial charge in [-0.15, -0.1) is 0 Å². The summed E-state index contributed by atoms with van der Waals surface area (Å²) >= 11 is 0. The molecule has 1 saturated heterocycles. The number of amides is 2. The fourth-order valence-corrected chi connectivity index (χ4v) is 2.00. The first kappa shape index (κ1) is 14.7. The molecule has 18 heavy (non-hydrogen) atoms. The fourth-order valence-electron chi connectivity index (χ4n) is 2.00. The first-order valence-corrected chi connectivity index (χ1v) is 6.08. The molecule has 7 nitrogen and oxygen atoms in total. The molecule has 7 heteroatoms. The molecule has 1 rings (SSSR count). The molecule has 0 aliphatic carbocycles. The minimum absolute atomic E-state index is 0.151. The van der Waals surface area contributed by atoms with E-state index in [2.05, 4.69) is 10.6 Å². The van der Waals surface area contributed by atoms with Crippen LogP contribution in [0.15, 0.2) is 0 Å². The van der Waals surface area contributed by atoms with Gasteiger partial charge in [-0.2, -0.15) is 0 Å². The molecular formula is C11H20N2O5. The zero-order valence-electron chi connectivity index (χ0n) is 10.4. The van der Waals surface area contributed by atoms with Crippen LogP contribution in [0.4, 0.5) is 4.79 Å². The van der Waals surface area contributed by atoms with Crippen molar-refractivity contribution < 1.29 is 24.5 Å². The topological polar surface area (TPSA) is 108 Å². The Balaban J connectivity index is 2.30. The van der Waals surface area contributed by atoms with E-state index in [4.69, 9.17) is 14.9 Å². The monoisotopic (exact) mass is 260 g/mol. The van der Waals surface area contributed by atoms with Crippen molar-refractivity contribution in [3.63, 3.8) is 0 Å². The van der Waals surface area contributed by atoms with Crippen molar-refractivity contribution in [2.45, 2.75) is 31.9 Å². The van der Waals surface area contributed by atoms with Crippen molar-refractivity contribution in [1.82, 2.24) is 10.6 Å². The molecule has 1 heterocycles. The molecule has 0 bridgehead atoms. The van der Waals surface area contributed by atoms with Crippen LogP contribution in [0.1, 0.15) is 19.8 Å². The van der Waals surface area contributed by atoms with Crippen LogP contribution < -0.4 is 10.6 Å². The molecule has 0 aromatic rings. The number of urea groups is 1. The molecule has 0 saturated carbocycles. The highest BCUT2D eigenvalue weighted by Gasteiger charge is 2.27. The lowest BCUT2D eigenvalue weighted by molar-refractivity contribution is -0.140. The van der Waals surface area contributed by atoms with E-state index in [1.54, 1.807) is 0 Å². The third-order valence-electron chi connectivity index (χ3n) is 3.06. The summed E-state index contributed by atoms with van der Waals surface area (Å²) in [6, 6.07) is -1.86. The van der Waals surface area contributed by atoms with Crippen molar-refractivity contribution >= 4 is 12.0 Å². The van der Waals surface area contributed by atoms with Crippen molar-refractivity contribution in [3.8, 4) is 0 Å². The van der Waals surface area contributed by atoms with E-state index < -0.39 is 24.6 Å². The lowest BCUT2D eigenvalue weighted by atomic mass is 10.00. The summed E-state index contributed by atoms with van der Waals surface area (Å²) in [6.45, 7) is 2.53. The van der Waals surface area contributed by atoms with E-state index in [9.17, 15) is 9.59 Å². The van der Waals surface area contributed by atoms with Gasteiger partial charge in [0.2, 0.25) is 0 Å². The number of carboxylic acid groups (broad SMARTS) is 1. The Morgan fingerprint density at radius 2 is 2.22 bits per heavy atom. The van der Waals surface area contributed by atoms with E-state index in [-0.39, 0.29) is 12.0 Å². The van der Waals surface area contributed by atoms with Gasteiger partial charge in [-0.05, 0) is 12.8 Å². The highest BCUT2D eigenvalue weighted by atomic mass is 16.5. The number of hydrogen-bond acceptors (Lipinski definition) is 4. The second-order valence-corrected chi connectivity index (χ2v) is 4.29. The zero-order chi connectivity index (χ0) is 13.5. The molecular weight excluding hydrogens is 240 g/mol. The number of ether oxygens (including phenoxy) is 1. The maximum atomic E-state index is 11.4. The maximum Gasteiger partial charge on any atom is 0.328 e. The molecule has 3 atom stereocenters. The van der Waals surface area contributed by atoms with E-state index in [1.807, 2.05) is 6.92 Å². The lowest BCUT2D eigenvalue weighted by Gasteiger charge is -2.18. The maximum absolute atomic E-state index is 11.4. The van der Waals surface area contributed by atoms with Crippen LogP contribution in [-0.2, 0) is 9.53 Å². The van der Waals surface area contributed by atoms with Gasteiger partial charge in [-0.1, -0.05) is 6.92 Å². The quantitative estimate of drug-likeness (QED) is 0.517. The average molecular weight is 260 g/mol. The van der Waals surface area contributed by atoms with Gasteiger partial charge in [0.05, 0.1) is 12.7 Å². The SMILES string of the molecule is CCC1OCCC1CNC(=O)NC(CO)C(=O)O. The van der Waals surface area contributed by atoms with Gasteiger partial charge in [0.15, 0.2) is 6.04 Å². The predicted molar refractivity (Wildman–Crippen MR) is 63.2 cm³/mol. The van der Waals surface area contributed by atoms with Crippen molar-refractivity contribution in [3.05, 3.63) is 0 Å². The molecule has 1 aliphatic rings. The molecule has 0 aromatic heterocycles. The average Bonchev–Trinajstić information content (AvgIpc) is 2.80. The van der Waals surface area contributed by atoms with Crippen molar-refractivity contribution in [2.75, 3.05) is 19.8 Å². The molecule has 0 aromatic carbocycles. The largest absolute Gasteiger partial charge is 0.480 e. The Morgan fingerprint density at radius 3 is 2.78 bits per heavy atom. The van der Waals surface area contributed by atoms with Crippen LogP contribution in [0.3, 0.4) is 0 Å². The molecule has 1 aliphatic heterocycles. The van der Waals surface area contributed by atoms with Gasteiger partial charge in [0.1, 0.15) is 0 Å². The van der Waals surface area contributed by atoms with Crippen molar-refractivity contribution in [1.29, 1.82) is 0 Å². The molecule has 1 fully saturated rings. The molecule has 104 valence electrons. The Bertz CT molecular complexity index is 297. The lowest BCUT2D eigenvalue weighted by Crippen LogP contribution is -2.49. The Labute approximate surface area is 106 Å². The van der Waals surface area contributed by atoms with Crippen LogP contribution in [-0.4, -0.2) is 54.1 Å². The zero-order valence-corrected chi connectivity index (χ0v) is 10.4. The van der Waals surface area contributed by atoms with E-state index in [0.29, 0.717) is 13.2 Å². The van der Waals surface area contributed by atoms with E-state index >= 15 is 0 Å². The van der Waals surface area contributed by atoms with E-state index in [0.717, 1.165) is 12.8 Å². The summed E-state index contributed by atoms with van der Waals surface area (Å²) in [5.41, 5.74) is 0. The number of aliphatic carboxylic acids is 1. The normalized spacial score (nSPS) is 24.6. The third kappa shape index (κ3) is 4.15. The summed E-state index contributed by atoms with van der Waals surface area (Å²) < 4.78 is 5.48. The smallest absolute Gasteiger partial charge is 0.328 e. The highest BCUT2D eigenvalue weighted by molar-refractivity contribution is 5.82. The minimum Gasteiger partial charge on any atom is -0.480 e. The highest BCUT2D eigenvalue weighted by Crippen LogP contribution is 2.22. The number of aliphatic hydroxyl groups excluding tert-OH is 1. The van der Waals surface area contributed by atoms with Crippen molar-refractivity contribution in [2.24, 2.45) is 5.92 Å². The number of carboxylic acids is 1. The fraction of sp³-hybridized carbons (Fsp3) is 0.818. The summed E-state index contributed by atoms with van der Waals surface area (Å²) in [5.74, 6) is -0.999. The summed E-state index contributed by atoms with van der Waals surface area (Å²) in [4.78, 5) is 22.0. The predicted octanol–water partition coefficient (Wildman–Crippen LogP) is -0.454. The molecule has 0 spiro atoms. The van der Waals surface area contributed by atoms with Crippen LogP contribution in [0.5, 0.6) is 0 Å². The number of carbonyl (C=O) groups is 2. The van der Waals surface area contributed by atoms with Gasteiger partial charge in [-0.3, -0.25) is 0 Å². The Hall–Kier alpha value is -1.34. The third-order valence-corrected chi connectivity index (χ3v) is 3.06. The number of hydrogen-bond donors (Lipinski definition) is 4. The van der Waals surface area contributed by atoms with Gasteiger partial charge in [0.25, 0.3) is 0 Å². The first-order chi connectivity index (χ1) is 8.58. The first-order valence-electron chi connectivity index (χ1n) is 6.08. The van der Waals surface area contributed by atoms with Gasteiger partial charge in [0, 0.05) is 19.1 Å². The standard InChI is InChI=1S/C11H20N2O5/c1-2-9-7(3-4-18-9)5-12-11(17)13-8(6-14)10(15)16/h7-9,14H,2-6H2,1H3,(H,15,16)(H2,12,13,17). The summed E-state index contributed by atoms with van der Waals surface area (Å²) in [7, 11) is 0. The van der Waals surface area contributed by atoms with Gasteiger partial charge >= 0.3 is 12.0 Å². The second-order valence-electron chi connectivity index (χ2n) is 4.29. The number of nitrogens with one attached hydrogen (secondary N) is 2. The van der Waals surface area contributed by atoms with Crippen LogP contribution >= 0.6 is 0 Å². The Kier molecular flexibility index (Phi) is 5.87. The Morgan fingerprint density at radius 1 is 1.50 bits per heavy atom. The van der Waals surface area contributed by atoms with Crippen LogP contribution in [0.25, 0.3) is 0 Å². The van der Waals surface area contributed by atoms with Gasteiger partial charge in [-0.25, -0.2) is 9.59 Å². The molecule has 0 radical (unpaired) electrons. The molecule has 3 unspecified atom stereocenters. The number of rotatable bonds is 6. The van der Waals surface area contributed by atoms with E-state index in [1.165, 1.54) is 0 Å². The minimum atomic E-state index is -1.27. The molecule has 4 N–H and O–H groups in total. The summed E-state index contributed by atoms with van der Waals surface area (Å²) in [5, 5.41) is 22.2. The number of carbonyl (C=O) groups excluding carboxylic acids is 1.